The number of nitrogens with two attached hydrogens (primary N) is 1. The molecule has 0 unspecified atom stereocenters. The molecule has 0 saturated carbocycles. The Balaban J connectivity index is 1.28. The number of nitrogens with one attached hydrogen (secondary N) is 1. The monoisotopic (exact) mass is 600 g/mol. The van der Waals surface area contributed by atoms with Crippen LogP contribution in [0.5, 0.6) is 0 Å². The van der Waals surface area contributed by atoms with E-state index in [1.54, 1.807) is 77.3 Å². The number of rotatable bonds is 11. The van der Waals surface area contributed by atoms with Gasteiger partial charge in [-0.1, -0.05) is 48.0 Å². The lowest BCUT2D eigenvalue weighted by Crippen LogP contribution is -2.44. The molecule has 0 fully saturated rings. The van der Waals surface area contributed by atoms with Gasteiger partial charge < -0.3 is 26.2 Å². The fourth-order valence-corrected chi connectivity index (χ4v) is 5.29. The molecule has 2 atom stereocenters. The smallest absolute Gasteiger partial charge is 0.264 e. The quantitative estimate of drug-likeness (QED) is 0.148. The van der Waals surface area contributed by atoms with E-state index in [4.69, 9.17) is 22.4 Å². The lowest BCUT2D eigenvalue weighted by molar-refractivity contribution is -0.139. The lowest BCUT2D eigenvalue weighted by atomic mass is 9.83. The lowest BCUT2D eigenvalue weighted by Gasteiger charge is -2.27. The number of anilines is 3. The van der Waals surface area contributed by atoms with Gasteiger partial charge in [-0.05, 0) is 66.6 Å². The molecule has 11 heteroatoms. The van der Waals surface area contributed by atoms with E-state index in [0.29, 0.717) is 52.6 Å². The topological polar surface area (TPSA) is 147 Å². The number of nitrogen functional groups attached to an aromatic ring is 1. The normalized spacial score (nSPS) is 16.9. The third-order valence-corrected chi connectivity index (χ3v) is 7.75. The van der Waals surface area contributed by atoms with E-state index >= 15 is 0 Å². The highest BCUT2D eigenvalue weighted by molar-refractivity contribution is 6.31. The first-order chi connectivity index (χ1) is 20.7. The molecular formula is C32H33ClN6O4. The van der Waals surface area contributed by atoms with Crippen molar-refractivity contribution in [1.82, 2.24) is 15.0 Å². The van der Waals surface area contributed by atoms with Gasteiger partial charge in [0, 0.05) is 59.2 Å². The van der Waals surface area contributed by atoms with Crippen LogP contribution < -0.4 is 16.0 Å². The molecule has 2 amide bonds. The van der Waals surface area contributed by atoms with Crippen LogP contribution in [0.2, 0.25) is 5.02 Å². The zero-order valence-corrected chi connectivity index (χ0v) is 24.4. The van der Waals surface area contributed by atoms with Crippen molar-refractivity contribution in [2.75, 3.05) is 22.6 Å². The molecule has 0 spiro atoms. The maximum atomic E-state index is 13.8. The third-order valence-electron chi connectivity index (χ3n) is 7.52. The van der Waals surface area contributed by atoms with Crippen molar-refractivity contribution in [1.29, 1.82) is 0 Å². The fourth-order valence-electron chi connectivity index (χ4n) is 5.11. The first-order valence-electron chi connectivity index (χ1n) is 14.0. The number of carbonyl (C=O) groups is 2. The number of aliphatic hydroxyl groups excluding tert-OH is 1. The van der Waals surface area contributed by atoms with Crippen molar-refractivity contribution >= 4 is 40.5 Å². The number of carbonyl (C=O) groups excluding carboxylic acids is 2. The summed E-state index contributed by atoms with van der Waals surface area (Å²) in [7, 11) is 0. The largest absolute Gasteiger partial charge is 0.399 e. The van der Waals surface area contributed by atoms with Crippen molar-refractivity contribution in [2.45, 2.75) is 38.5 Å². The summed E-state index contributed by atoms with van der Waals surface area (Å²) >= 11 is 6.31. The number of benzene rings is 3. The van der Waals surface area contributed by atoms with Gasteiger partial charge in [-0.25, -0.2) is 0 Å². The molecular weight excluding hydrogens is 568 g/mol. The molecule has 5 rings (SSSR count). The van der Waals surface area contributed by atoms with E-state index in [9.17, 15) is 14.7 Å². The summed E-state index contributed by atoms with van der Waals surface area (Å²) in [6, 6.07) is 19.0. The molecule has 0 radical (unpaired) electrons. The number of halogens is 1. The summed E-state index contributed by atoms with van der Waals surface area (Å²) in [5, 5.41) is 32.3. The minimum atomic E-state index is -1.80. The Morgan fingerprint density at radius 2 is 1.88 bits per heavy atom. The molecule has 43 heavy (non-hydrogen) atoms. The maximum Gasteiger partial charge on any atom is 0.264 e. The number of fused-ring (bicyclic) bond motifs is 1. The van der Waals surface area contributed by atoms with Gasteiger partial charge >= 0.3 is 0 Å². The summed E-state index contributed by atoms with van der Waals surface area (Å²) in [6.07, 6.45) is 6.59. The Hall–Kier alpha value is -4.51. The van der Waals surface area contributed by atoms with Crippen LogP contribution in [0.4, 0.5) is 17.1 Å². The van der Waals surface area contributed by atoms with Crippen molar-refractivity contribution < 1.29 is 19.8 Å². The summed E-state index contributed by atoms with van der Waals surface area (Å²) < 4.78 is 1.70. The van der Waals surface area contributed by atoms with E-state index in [2.05, 4.69) is 15.6 Å². The SMILES string of the molecule is C[C@H](/C=C/CCn1cc(CCO)nn1)[C@@]1(O)C(=O)N(Cc2ccc(NC(=O)c3ccc(N)cc3)cc2)c2ccc(Cl)cc21. The van der Waals surface area contributed by atoms with E-state index in [0.717, 1.165) is 11.3 Å². The first kappa shape index (κ1) is 30.0. The molecule has 1 aromatic heterocycles. The van der Waals surface area contributed by atoms with Crippen LogP contribution in [0.15, 0.2) is 85.1 Å². The van der Waals surface area contributed by atoms with Crippen LogP contribution in [0.25, 0.3) is 0 Å². The minimum absolute atomic E-state index is 0.0140. The van der Waals surface area contributed by atoms with Crippen LogP contribution >= 0.6 is 11.6 Å². The Kier molecular flexibility index (Phi) is 8.91. The molecule has 222 valence electrons. The van der Waals surface area contributed by atoms with E-state index in [1.807, 2.05) is 24.3 Å². The highest BCUT2D eigenvalue weighted by Gasteiger charge is 2.52. The van der Waals surface area contributed by atoms with Crippen LogP contribution in [0, 0.1) is 5.92 Å². The molecule has 10 nitrogen and oxygen atoms in total. The molecule has 3 aromatic carbocycles. The second-order valence-corrected chi connectivity index (χ2v) is 11.0. The standard InChI is InChI=1S/C32H33ClN6O4/c1-21(4-2-3-16-38-20-27(15-17-40)36-37-38)32(43)28-18-24(33)9-14-29(28)39(31(32)42)19-22-5-12-26(13-6-22)35-30(41)23-7-10-25(34)11-8-23/h2,4-14,18,20-21,40,43H,3,15-17,19,34H2,1H3,(H,35,41)/b4-2+/t21-,32+/m1/s1. The summed E-state index contributed by atoms with van der Waals surface area (Å²) in [5.74, 6) is -1.24. The number of nitrogens with zero attached hydrogens (tertiary/aromatic N) is 4. The molecule has 1 aliphatic heterocycles. The molecule has 1 aliphatic rings. The van der Waals surface area contributed by atoms with Gasteiger partial charge in [0.1, 0.15) is 0 Å². The molecule has 5 N–H and O–H groups in total. The number of allylic oxidation sites excluding steroid dienone is 1. The van der Waals surface area contributed by atoms with E-state index in [-0.39, 0.29) is 19.1 Å². The van der Waals surface area contributed by atoms with Gasteiger partial charge in [-0.15, -0.1) is 5.10 Å². The Labute approximate surface area is 254 Å². The first-order valence-corrected chi connectivity index (χ1v) is 14.3. The number of aryl methyl sites for hydroxylation is 1. The number of aliphatic hydroxyl groups is 2. The summed E-state index contributed by atoms with van der Waals surface area (Å²) in [5.41, 5.74) is 8.17. The zero-order chi connectivity index (χ0) is 30.6. The van der Waals surface area contributed by atoms with Crippen molar-refractivity contribution in [3.8, 4) is 0 Å². The predicted molar refractivity (Wildman–Crippen MR) is 166 cm³/mol. The minimum Gasteiger partial charge on any atom is -0.399 e. The number of hydrogen-bond acceptors (Lipinski definition) is 7. The van der Waals surface area contributed by atoms with Gasteiger partial charge in [-0.2, -0.15) is 0 Å². The molecule has 0 aliphatic carbocycles. The van der Waals surface area contributed by atoms with E-state index in [1.165, 1.54) is 0 Å². The van der Waals surface area contributed by atoms with Crippen LogP contribution in [-0.2, 0) is 29.9 Å². The number of hydrogen-bond donors (Lipinski definition) is 4. The Morgan fingerprint density at radius 3 is 2.60 bits per heavy atom. The van der Waals surface area contributed by atoms with Gasteiger partial charge in [0.25, 0.3) is 11.8 Å². The summed E-state index contributed by atoms with van der Waals surface area (Å²) in [4.78, 5) is 28.0. The second kappa shape index (κ2) is 12.8. The van der Waals surface area contributed by atoms with Crippen molar-refractivity contribution in [3.63, 3.8) is 0 Å². The highest BCUT2D eigenvalue weighted by Crippen LogP contribution is 2.46. The molecule has 4 aromatic rings. The average Bonchev–Trinajstić information content (AvgIpc) is 3.53. The van der Waals surface area contributed by atoms with Gasteiger partial charge in [-0.3, -0.25) is 14.3 Å². The number of amides is 2. The van der Waals surface area contributed by atoms with Gasteiger partial charge in [0.2, 0.25) is 0 Å². The van der Waals surface area contributed by atoms with Crippen LogP contribution in [-0.4, -0.2) is 43.6 Å². The Morgan fingerprint density at radius 1 is 1.14 bits per heavy atom. The highest BCUT2D eigenvalue weighted by atomic mass is 35.5. The van der Waals surface area contributed by atoms with Crippen molar-refractivity contribution in [2.24, 2.45) is 5.92 Å². The average molecular weight is 601 g/mol. The predicted octanol–water partition coefficient (Wildman–Crippen LogP) is 4.32. The third kappa shape index (κ3) is 6.46. The molecule has 0 bridgehead atoms. The zero-order valence-electron chi connectivity index (χ0n) is 23.7. The number of aromatic nitrogens is 3. The Bertz CT molecular complexity index is 1640. The van der Waals surface area contributed by atoms with Crippen molar-refractivity contribution in [3.05, 3.63) is 112 Å². The second-order valence-electron chi connectivity index (χ2n) is 10.5. The summed E-state index contributed by atoms with van der Waals surface area (Å²) in [6.45, 7) is 2.61. The van der Waals surface area contributed by atoms with Gasteiger partial charge in [0.05, 0.1) is 17.9 Å². The molecule has 2 heterocycles. The molecule has 0 saturated heterocycles. The van der Waals surface area contributed by atoms with Crippen LogP contribution in [0.3, 0.4) is 0 Å². The maximum absolute atomic E-state index is 13.8. The van der Waals surface area contributed by atoms with Gasteiger partial charge in [0.15, 0.2) is 5.60 Å². The van der Waals surface area contributed by atoms with Crippen LogP contribution in [0.1, 0.15) is 40.5 Å². The van der Waals surface area contributed by atoms with E-state index < -0.39 is 17.4 Å². The fraction of sp³-hybridized carbons (Fsp3) is 0.250.